The van der Waals surface area contributed by atoms with E-state index in [1.165, 1.54) is 0 Å². The summed E-state index contributed by atoms with van der Waals surface area (Å²) in [5.41, 5.74) is 3.28. The summed E-state index contributed by atoms with van der Waals surface area (Å²) in [6, 6.07) is 28.2. The van der Waals surface area contributed by atoms with Crippen molar-refractivity contribution in [2.24, 2.45) is 0 Å². The van der Waals surface area contributed by atoms with Crippen molar-refractivity contribution in [3.8, 4) is 5.75 Å². The highest BCUT2D eigenvalue weighted by Crippen LogP contribution is 2.24. The summed E-state index contributed by atoms with van der Waals surface area (Å²) >= 11 is 0. The molecule has 3 aromatic rings. The van der Waals surface area contributed by atoms with E-state index in [1.54, 1.807) is 0 Å². The molecule has 0 aliphatic carbocycles. The van der Waals surface area contributed by atoms with Gasteiger partial charge in [-0.2, -0.15) is 0 Å². The van der Waals surface area contributed by atoms with E-state index in [4.69, 9.17) is 4.74 Å². The van der Waals surface area contributed by atoms with E-state index in [1.807, 2.05) is 77.7 Å². The molecule has 3 aromatic carbocycles. The van der Waals surface area contributed by atoms with Crippen LogP contribution in [0.25, 0.3) is 0 Å². The number of ether oxygens (including phenoxy) is 1. The number of hydrogen-bond donors (Lipinski definition) is 1. The average Bonchev–Trinajstić information content (AvgIpc) is 2.82. The van der Waals surface area contributed by atoms with E-state index >= 15 is 0 Å². The van der Waals surface area contributed by atoms with Gasteiger partial charge < -0.3 is 15.0 Å². The van der Waals surface area contributed by atoms with Crippen LogP contribution in [0.5, 0.6) is 5.75 Å². The van der Waals surface area contributed by atoms with Crippen LogP contribution in [0.1, 0.15) is 49.4 Å². The summed E-state index contributed by atoms with van der Waals surface area (Å²) in [6.07, 6.45) is 2.03. The fourth-order valence-electron chi connectivity index (χ4n) is 3.44. The third-order valence-corrected chi connectivity index (χ3v) is 5.32. The van der Waals surface area contributed by atoms with Gasteiger partial charge in [0.15, 0.2) is 0 Å². The normalized spacial score (nSPS) is 11.5. The molecule has 2 amide bonds. The molecule has 0 saturated heterocycles. The van der Waals surface area contributed by atoms with Gasteiger partial charge in [-0.1, -0.05) is 86.1 Å². The SMILES string of the molecule is CCCCNC(=O)N(Cc1cccc(OCc2ccccc2)c1)C(C)c1ccccc1. The Morgan fingerprint density at radius 1 is 0.935 bits per heavy atom. The van der Waals surface area contributed by atoms with Crippen molar-refractivity contribution in [3.05, 3.63) is 102 Å². The maximum absolute atomic E-state index is 13.0. The number of rotatable bonds is 10. The minimum atomic E-state index is -0.0447. The van der Waals surface area contributed by atoms with E-state index in [9.17, 15) is 4.79 Å². The fourth-order valence-corrected chi connectivity index (χ4v) is 3.44. The van der Waals surface area contributed by atoms with Crippen molar-refractivity contribution < 1.29 is 9.53 Å². The number of benzene rings is 3. The van der Waals surface area contributed by atoms with Gasteiger partial charge in [-0.25, -0.2) is 4.79 Å². The van der Waals surface area contributed by atoms with Crippen molar-refractivity contribution in [1.29, 1.82) is 0 Å². The summed E-state index contributed by atoms with van der Waals surface area (Å²) in [7, 11) is 0. The Hall–Kier alpha value is -3.27. The van der Waals surface area contributed by atoms with Crippen molar-refractivity contribution in [1.82, 2.24) is 10.2 Å². The van der Waals surface area contributed by atoms with Gasteiger partial charge in [0.25, 0.3) is 0 Å². The van der Waals surface area contributed by atoms with Crippen LogP contribution in [-0.4, -0.2) is 17.5 Å². The molecule has 0 aromatic heterocycles. The standard InChI is InChI=1S/C27H32N2O2/c1-3-4-18-28-27(30)29(22(2)25-15-9-6-10-16-25)20-24-14-11-17-26(19-24)31-21-23-12-7-5-8-13-23/h5-17,19,22H,3-4,18,20-21H2,1-2H3,(H,28,30). The first-order chi connectivity index (χ1) is 15.2. The highest BCUT2D eigenvalue weighted by molar-refractivity contribution is 5.74. The van der Waals surface area contributed by atoms with Crippen LogP contribution in [-0.2, 0) is 13.2 Å². The second-order valence-electron chi connectivity index (χ2n) is 7.72. The number of urea groups is 1. The van der Waals surface area contributed by atoms with Crippen molar-refractivity contribution in [3.63, 3.8) is 0 Å². The van der Waals surface area contributed by atoms with Crippen LogP contribution in [0.4, 0.5) is 4.79 Å². The van der Waals surface area contributed by atoms with Crippen LogP contribution in [0.15, 0.2) is 84.9 Å². The summed E-state index contributed by atoms with van der Waals surface area (Å²) in [4.78, 5) is 14.9. The number of carbonyl (C=O) groups is 1. The van der Waals surface area contributed by atoms with E-state index in [0.717, 1.165) is 35.3 Å². The van der Waals surface area contributed by atoms with Crippen molar-refractivity contribution in [2.45, 2.75) is 45.9 Å². The molecular formula is C27H32N2O2. The lowest BCUT2D eigenvalue weighted by Crippen LogP contribution is -2.41. The third kappa shape index (κ3) is 6.88. The topological polar surface area (TPSA) is 41.6 Å². The molecule has 0 spiro atoms. The van der Waals surface area contributed by atoms with Crippen LogP contribution >= 0.6 is 0 Å². The van der Waals surface area contributed by atoms with Gasteiger partial charge in [0.05, 0.1) is 6.04 Å². The zero-order chi connectivity index (χ0) is 21.9. The van der Waals surface area contributed by atoms with Crippen LogP contribution in [0, 0.1) is 0 Å². The lowest BCUT2D eigenvalue weighted by Gasteiger charge is -2.30. The molecule has 1 unspecified atom stereocenters. The number of amides is 2. The maximum atomic E-state index is 13.0. The number of carbonyl (C=O) groups excluding carboxylic acids is 1. The summed E-state index contributed by atoms with van der Waals surface area (Å²) in [5, 5.41) is 3.07. The predicted molar refractivity (Wildman–Crippen MR) is 126 cm³/mol. The van der Waals surface area contributed by atoms with E-state index in [2.05, 4.69) is 31.3 Å². The Balaban J connectivity index is 1.72. The Labute approximate surface area is 185 Å². The molecule has 1 atom stereocenters. The Morgan fingerprint density at radius 2 is 1.61 bits per heavy atom. The molecule has 4 heteroatoms. The Bertz CT molecular complexity index is 928. The second kappa shape index (κ2) is 11.8. The van der Waals surface area contributed by atoms with Crippen molar-refractivity contribution >= 4 is 6.03 Å². The number of hydrogen-bond acceptors (Lipinski definition) is 2. The van der Waals surface area contributed by atoms with Gasteiger partial charge in [0, 0.05) is 13.1 Å². The average molecular weight is 417 g/mol. The quantitative estimate of drug-likeness (QED) is 0.392. The van der Waals surface area contributed by atoms with Gasteiger partial charge in [0.2, 0.25) is 0 Å². The number of nitrogens with zero attached hydrogens (tertiary/aromatic N) is 1. The summed E-state index contributed by atoms with van der Waals surface area (Å²) < 4.78 is 5.98. The zero-order valence-electron chi connectivity index (χ0n) is 18.5. The number of nitrogens with one attached hydrogen (secondary N) is 1. The van der Waals surface area contributed by atoms with Crippen LogP contribution in [0.2, 0.25) is 0 Å². The van der Waals surface area contributed by atoms with E-state index in [0.29, 0.717) is 19.7 Å². The smallest absolute Gasteiger partial charge is 0.318 e. The van der Waals surface area contributed by atoms with Gasteiger partial charge in [-0.3, -0.25) is 0 Å². The monoisotopic (exact) mass is 416 g/mol. The first kappa shape index (κ1) is 22.4. The van der Waals surface area contributed by atoms with Gasteiger partial charge >= 0.3 is 6.03 Å². The third-order valence-electron chi connectivity index (χ3n) is 5.32. The molecular weight excluding hydrogens is 384 g/mol. The first-order valence-electron chi connectivity index (χ1n) is 11.0. The molecule has 162 valence electrons. The molecule has 0 radical (unpaired) electrons. The van der Waals surface area contributed by atoms with Gasteiger partial charge in [-0.05, 0) is 42.2 Å². The maximum Gasteiger partial charge on any atom is 0.318 e. The minimum Gasteiger partial charge on any atom is -0.489 e. The van der Waals surface area contributed by atoms with Gasteiger partial charge in [-0.15, -0.1) is 0 Å². The minimum absolute atomic E-state index is 0.0413. The largest absolute Gasteiger partial charge is 0.489 e. The molecule has 4 nitrogen and oxygen atoms in total. The fraction of sp³-hybridized carbons (Fsp3) is 0.296. The van der Waals surface area contributed by atoms with Crippen LogP contribution < -0.4 is 10.1 Å². The van der Waals surface area contributed by atoms with Crippen molar-refractivity contribution in [2.75, 3.05) is 6.54 Å². The van der Waals surface area contributed by atoms with E-state index in [-0.39, 0.29) is 12.1 Å². The number of unbranched alkanes of at least 4 members (excludes halogenated alkanes) is 1. The zero-order valence-corrected chi connectivity index (χ0v) is 18.5. The molecule has 3 rings (SSSR count). The second-order valence-corrected chi connectivity index (χ2v) is 7.72. The molecule has 1 N–H and O–H groups in total. The highest BCUT2D eigenvalue weighted by Gasteiger charge is 2.21. The predicted octanol–water partition coefficient (Wildman–Crippen LogP) is 6.34. The molecule has 0 bridgehead atoms. The molecule has 0 saturated carbocycles. The van der Waals surface area contributed by atoms with Crippen LogP contribution in [0.3, 0.4) is 0 Å². The molecule has 31 heavy (non-hydrogen) atoms. The Kier molecular flexibility index (Phi) is 8.53. The van der Waals surface area contributed by atoms with E-state index < -0.39 is 0 Å². The highest BCUT2D eigenvalue weighted by atomic mass is 16.5. The molecule has 0 aliphatic heterocycles. The summed E-state index contributed by atoms with van der Waals surface area (Å²) in [6.45, 7) is 5.91. The summed E-state index contributed by atoms with van der Waals surface area (Å²) in [5.74, 6) is 0.806. The first-order valence-corrected chi connectivity index (χ1v) is 11.0. The lowest BCUT2D eigenvalue weighted by molar-refractivity contribution is 0.175. The van der Waals surface area contributed by atoms with Gasteiger partial charge in [0.1, 0.15) is 12.4 Å². The molecule has 0 heterocycles. The molecule has 0 fully saturated rings. The lowest BCUT2D eigenvalue weighted by atomic mass is 10.1. The Morgan fingerprint density at radius 3 is 2.32 bits per heavy atom. The molecule has 0 aliphatic rings.